The number of hydrogen-bond donors (Lipinski definition) is 2. The van der Waals surface area contributed by atoms with Crippen LogP contribution in [0.1, 0.15) is 96.1 Å². The standard InChI is InChI=1S/C20H35NO/c1-8-9-10-17(22)18-15(19(2,3)4)11-14(13-21)12-16(18)20(5,6)7/h11-12,17,22H,8-10,13,21H2,1-7H3. The first-order valence-electron chi connectivity index (χ1n) is 8.58. The van der Waals surface area contributed by atoms with Crippen molar-refractivity contribution in [2.24, 2.45) is 5.73 Å². The quantitative estimate of drug-likeness (QED) is 0.807. The van der Waals surface area contributed by atoms with Crippen LogP contribution in [0.2, 0.25) is 0 Å². The molecule has 0 aromatic heterocycles. The third kappa shape index (κ3) is 4.57. The van der Waals surface area contributed by atoms with Gasteiger partial charge in [-0.1, -0.05) is 73.4 Å². The van der Waals surface area contributed by atoms with E-state index >= 15 is 0 Å². The zero-order valence-electron chi connectivity index (χ0n) is 15.6. The minimum Gasteiger partial charge on any atom is -0.388 e. The van der Waals surface area contributed by atoms with Crippen LogP contribution in [0.15, 0.2) is 12.1 Å². The number of aliphatic hydroxyl groups excluding tert-OH is 1. The summed E-state index contributed by atoms with van der Waals surface area (Å²) >= 11 is 0. The smallest absolute Gasteiger partial charge is 0.0795 e. The van der Waals surface area contributed by atoms with Gasteiger partial charge in [0.15, 0.2) is 0 Å². The van der Waals surface area contributed by atoms with E-state index < -0.39 is 6.10 Å². The summed E-state index contributed by atoms with van der Waals surface area (Å²) in [6.07, 6.45) is 2.58. The van der Waals surface area contributed by atoms with E-state index in [0.29, 0.717) is 6.54 Å². The van der Waals surface area contributed by atoms with E-state index in [1.807, 2.05) is 0 Å². The molecule has 126 valence electrons. The highest BCUT2D eigenvalue weighted by atomic mass is 16.3. The Morgan fingerprint density at radius 3 is 1.77 bits per heavy atom. The summed E-state index contributed by atoms with van der Waals surface area (Å²) in [5.41, 5.74) is 10.7. The lowest BCUT2D eigenvalue weighted by Crippen LogP contribution is -2.24. The van der Waals surface area contributed by atoms with Crippen LogP contribution in [0.3, 0.4) is 0 Å². The summed E-state index contributed by atoms with van der Waals surface area (Å²) in [6.45, 7) is 16.0. The lowest BCUT2D eigenvalue weighted by atomic mass is 9.73. The van der Waals surface area contributed by atoms with E-state index in [1.165, 1.54) is 11.1 Å². The van der Waals surface area contributed by atoms with Crippen LogP contribution in [-0.2, 0) is 17.4 Å². The van der Waals surface area contributed by atoms with Gasteiger partial charge in [0, 0.05) is 6.54 Å². The Bertz CT molecular complexity index is 456. The lowest BCUT2D eigenvalue weighted by Gasteiger charge is -2.33. The largest absolute Gasteiger partial charge is 0.388 e. The van der Waals surface area contributed by atoms with Crippen molar-refractivity contribution in [1.82, 2.24) is 0 Å². The molecule has 1 rings (SSSR count). The fraction of sp³-hybridized carbons (Fsp3) is 0.700. The van der Waals surface area contributed by atoms with E-state index in [-0.39, 0.29) is 10.8 Å². The summed E-state index contributed by atoms with van der Waals surface area (Å²) in [4.78, 5) is 0. The lowest BCUT2D eigenvalue weighted by molar-refractivity contribution is 0.159. The molecule has 3 N–H and O–H groups in total. The first-order chi connectivity index (χ1) is 10.0. The van der Waals surface area contributed by atoms with Gasteiger partial charge in [0.2, 0.25) is 0 Å². The van der Waals surface area contributed by atoms with Gasteiger partial charge in [-0.3, -0.25) is 0 Å². The highest BCUT2D eigenvalue weighted by molar-refractivity contribution is 5.47. The average molecular weight is 306 g/mol. The maximum atomic E-state index is 10.9. The average Bonchev–Trinajstić information content (AvgIpc) is 2.41. The van der Waals surface area contributed by atoms with Crippen molar-refractivity contribution < 1.29 is 5.11 Å². The highest BCUT2D eigenvalue weighted by Gasteiger charge is 2.29. The van der Waals surface area contributed by atoms with Gasteiger partial charge in [-0.2, -0.15) is 0 Å². The predicted octanol–water partition coefficient (Wildman–Crippen LogP) is 4.96. The molecule has 0 heterocycles. The van der Waals surface area contributed by atoms with Gasteiger partial charge < -0.3 is 10.8 Å². The van der Waals surface area contributed by atoms with E-state index in [0.717, 1.165) is 30.4 Å². The van der Waals surface area contributed by atoms with Gasteiger partial charge in [-0.25, -0.2) is 0 Å². The number of rotatable bonds is 5. The number of aliphatic hydroxyl groups is 1. The van der Waals surface area contributed by atoms with Gasteiger partial charge in [0.05, 0.1) is 6.10 Å². The molecule has 0 aliphatic carbocycles. The van der Waals surface area contributed by atoms with Gasteiger partial charge in [-0.05, 0) is 39.5 Å². The minimum absolute atomic E-state index is 0.00624. The number of nitrogens with two attached hydrogens (primary N) is 1. The van der Waals surface area contributed by atoms with Crippen LogP contribution in [0, 0.1) is 0 Å². The molecule has 1 atom stereocenters. The molecule has 2 heteroatoms. The van der Waals surface area contributed by atoms with Crippen LogP contribution in [0.5, 0.6) is 0 Å². The third-order valence-corrected chi connectivity index (χ3v) is 4.26. The molecule has 0 spiro atoms. The molecule has 2 nitrogen and oxygen atoms in total. The Kier molecular flexibility index (Phi) is 6.23. The zero-order valence-corrected chi connectivity index (χ0v) is 15.6. The summed E-state index contributed by atoms with van der Waals surface area (Å²) < 4.78 is 0. The molecule has 0 bridgehead atoms. The van der Waals surface area contributed by atoms with Crippen LogP contribution >= 0.6 is 0 Å². The Morgan fingerprint density at radius 1 is 1.00 bits per heavy atom. The fourth-order valence-electron chi connectivity index (χ4n) is 2.97. The Morgan fingerprint density at radius 2 is 1.45 bits per heavy atom. The van der Waals surface area contributed by atoms with Crippen molar-refractivity contribution in [3.8, 4) is 0 Å². The van der Waals surface area contributed by atoms with Crippen molar-refractivity contribution in [1.29, 1.82) is 0 Å². The van der Waals surface area contributed by atoms with Gasteiger partial charge in [0.1, 0.15) is 0 Å². The number of unbranched alkanes of at least 4 members (excludes halogenated alkanes) is 1. The minimum atomic E-state index is -0.393. The van der Waals surface area contributed by atoms with Gasteiger partial charge in [0.25, 0.3) is 0 Å². The van der Waals surface area contributed by atoms with Crippen LogP contribution in [-0.4, -0.2) is 5.11 Å². The second kappa shape index (κ2) is 7.14. The van der Waals surface area contributed by atoms with Crippen molar-refractivity contribution >= 4 is 0 Å². The van der Waals surface area contributed by atoms with E-state index in [4.69, 9.17) is 5.73 Å². The fourth-order valence-corrected chi connectivity index (χ4v) is 2.97. The molecule has 0 saturated heterocycles. The highest BCUT2D eigenvalue weighted by Crippen LogP contribution is 2.39. The van der Waals surface area contributed by atoms with Crippen LogP contribution < -0.4 is 5.73 Å². The SMILES string of the molecule is CCCCC(O)c1c(C(C)(C)C)cc(CN)cc1C(C)(C)C. The zero-order chi connectivity index (χ0) is 17.1. The topological polar surface area (TPSA) is 46.2 Å². The van der Waals surface area contributed by atoms with Crippen LogP contribution in [0.4, 0.5) is 0 Å². The van der Waals surface area contributed by atoms with Gasteiger partial charge in [-0.15, -0.1) is 0 Å². The molecule has 0 aliphatic heterocycles. The maximum Gasteiger partial charge on any atom is 0.0795 e. The maximum absolute atomic E-state index is 10.9. The van der Waals surface area contributed by atoms with E-state index in [2.05, 4.69) is 60.6 Å². The summed E-state index contributed by atoms with van der Waals surface area (Å²) in [5.74, 6) is 0. The summed E-state index contributed by atoms with van der Waals surface area (Å²) in [7, 11) is 0. The first-order valence-corrected chi connectivity index (χ1v) is 8.58. The summed E-state index contributed by atoms with van der Waals surface area (Å²) in [5, 5.41) is 10.9. The number of hydrogen-bond acceptors (Lipinski definition) is 2. The molecular weight excluding hydrogens is 270 g/mol. The van der Waals surface area contributed by atoms with Crippen molar-refractivity contribution in [2.75, 3.05) is 0 Å². The Hall–Kier alpha value is -0.860. The normalized spacial score (nSPS) is 14.2. The Labute approximate surface area is 137 Å². The second-order valence-corrected chi connectivity index (χ2v) is 8.47. The third-order valence-electron chi connectivity index (χ3n) is 4.26. The summed E-state index contributed by atoms with van der Waals surface area (Å²) in [6, 6.07) is 4.39. The number of benzene rings is 1. The molecule has 0 saturated carbocycles. The molecule has 0 radical (unpaired) electrons. The molecule has 0 fully saturated rings. The predicted molar refractivity (Wildman–Crippen MR) is 96.2 cm³/mol. The van der Waals surface area contributed by atoms with Gasteiger partial charge >= 0.3 is 0 Å². The van der Waals surface area contributed by atoms with Crippen molar-refractivity contribution in [3.05, 3.63) is 34.4 Å². The molecule has 22 heavy (non-hydrogen) atoms. The molecule has 0 aliphatic rings. The Balaban J connectivity index is 3.59. The molecule has 1 aromatic rings. The molecule has 1 unspecified atom stereocenters. The molecule has 0 amide bonds. The second-order valence-electron chi connectivity index (χ2n) is 8.47. The molecule has 1 aromatic carbocycles. The van der Waals surface area contributed by atoms with E-state index in [1.54, 1.807) is 0 Å². The molecular formula is C20H35NO. The van der Waals surface area contributed by atoms with Crippen molar-refractivity contribution in [2.45, 2.75) is 91.2 Å². The monoisotopic (exact) mass is 305 g/mol. The first kappa shape index (κ1) is 19.2. The van der Waals surface area contributed by atoms with Crippen molar-refractivity contribution in [3.63, 3.8) is 0 Å². The van der Waals surface area contributed by atoms with Crippen LogP contribution in [0.25, 0.3) is 0 Å². The van der Waals surface area contributed by atoms with E-state index in [9.17, 15) is 5.11 Å².